The zero-order chi connectivity index (χ0) is 13.0. The molecule has 2 atom stereocenters. The smallest absolute Gasteiger partial charge is 0.329 e. The summed E-state index contributed by atoms with van der Waals surface area (Å²) >= 11 is 0. The van der Waals surface area contributed by atoms with Gasteiger partial charge in [-0.25, -0.2) is 4.79 Å². The number of esters is 2. The molecule has 0 aliphatic carbocycles. The molecular formula is C11H15NO5. The number of carbonyl (C=O) groups is 3. The molecule has 0 saturated carbocycles. The number of ether oxygens (including phenoxy) is 2. The molecule has 1 aliphatic heterocycles. The molecule has 6 heteroatoms. The average Bonchev–Trinajstić information content (AvgIpc) is 2.35. The lowest BCUT2D eigenvalue weighted by molar-refractivity contribution is -0.161. The molecule has 6 nitrogen and oxygen atoms in total. The van der Waals surface area contributed by atoms with Gasteiger partial charge in [0.05, 0.1) is 20.1 Å². The Morgan fingerprint density at radius 3 is 2.24 bits per heavy atom. The number of amides is 1. The van der Waals surface area contributed by atoms with Crippen LogP contribution in [0.2, 0.25) is 0 Å². The minimum atomic E-state index is -0.949. The van der Waals surface area contributed by atoms with Crippen molar-refractivity contribution in [3.05, 3.63) is 12.3 Å². The zero-order valence-corrected chi connectivity index (χ0v) is 10.0. The van der Waals surface area contributed by atoms with Crippen LogP contribution in [0.4, 0.5) is 0 Å². The number of hydrogen-bond acceptors (Lipinski definition) is 5. The number of allylic oxidation sites excluding steroid dienone is 1. The van der Waals surface area contributed by atoms with Crippen LogP contribution in [0.25, 0.3) is 0 Å². The van der Waals surface area contributed by atoms with Gasteiger partial charge in [-0.3, -0.25) is 9.59 Å². The van der Waals surface area contributed by atoms with E-state index in [4.69, 9.17) is 0 Å². The van der Waals surface area contributed by atoms with E-state index in [2.05, 4.69) is 9.47 Å². The highest BCUT2D eigenvalue weighted by Crippen LogP contribution is 2.24. The van der Waals surface area contributed by atoms with E-state index in [0.717, 1.165) is 0 Å². The number of carbonyl (C=O) groups excluding carboxylic acids is 3. The van der Waals surface area contributed by atoms with Gasteiger partial charge in [-0.2, -0.15) is 0 Å². The molecule has 0 fully saturated rings. The fourth-order valence-electron chi connectivity index (χ4n) is 1.81. The summed E-state index contributed by atoms with van der Waals surface area (Å²) < 4.78 is 9.24. The summed E-state index contributed by atoms with van der Waals surface area (Å²) in [7, 11) is 2.46. The van der Waals surface area contributed by atoms with E-state index < -0.39 is 23.9 Å². The second-order valence-electron chi connectivity index (χ2n) is 3.64. The molecule has 94 valence electrons. The van der Waals surface area contributed by atoms with Crippen LogP contribution in [0.5, 0.6) is 0 Å². The van der Waals surface area contributed by atoms with Gasteiger partial charge in [-0.15, -0.1) is 0 Å². The standard InChI is InChI=1S/C11H15NO5/c1-7(13)12-6-4-5-8(10(14)16-2)9(12)11(15)17-3/h4,6,8-9H,5H2,1-3H3/t8-,9-/m0/s1. The molecule has 0 aromatic rings. The molecule has 1 rings (SSSR count). The minimum absolute atomic E-state index is 0.328. The SMILES string of the molecule is COC(=O)[C@H]1CC=CN(C(C)=O)[C@@H]1C(=O)OC. The van der Waals surface area contributed by atoms with Crippen LogP contribution in [0.1, 0.15) is 13.3 Å². The maximum absolute atomic E-state index is 11.7. The first-order valence-electron chi connectivity index (χ1n) is 5.14. The maximum Gasteiger partial charge on any atom is 0.329 e. The molecule has 17 heavy (non-hydrogen) atoms. The predicted molar refractivity (Wildman–Crippen MR) is 57.6 cm³/mol. The van der Waals surface area contributed by atoms with Crippen LogP contribution in [-0.2, 0) is 23.9 Å². The third-order valence-corrected chi connectivity index (χ3v) is 2.65. The van der Waals surface area contributed by atoms with E-state index in [0.29, 0.717) is 6.42 Å². The van der Waals surface area contributed by atoms with E-state index in [1.165, 1.54) is 32.2 Å². The molecule has 1 aliphatic rings. The van der Waals surface area contributed by atoms with Gasteiger partial charge >= 0.3 is 11.9 Å². The summed E-state index contributed by atoms with van der Waals surface area (Å²) in [5, 5.41) is 0. The molecule has 1 amide bonds. The number of rotatable bonds is 2. The third-order valence-electron chi connectivity index (χ3n) is 2.65. The van der Waals surface area contributed by atoms with Crippen LogP contribution in [0, 0.1) is 5.92 Å². The largest absolute Gasteiger partial charge is 0.469 e. The Balaban J connectivity index is 3.06. The summed E-state index contributed by atoms with van der Waals surface area (Å²) in [4.78, 5) is 35.8. The lowest BCUT2D eigenvalue weighted by Crippen LogP contribution is -2.50. The van der Waals surface area contributed by atoms with Crippen LogP contribution in [-0.4, -0.2) is 43.0 Å². The zero-order valence-electron chi connectivity index (χ0n) is 10.0. The third kappa shape index (κ3) is 2.64. The van der Waals surface area contributed by atoms with Gasteiger partial charge in [0.2, 0.25) is 5.91 Å². The Hall–Kier alpha value is -1.85. The molecule has 0 unspecified atom stereocenters. The van der Waals surface area contributed by atoms with E-state index >= 15 is 0 Å². The average molecular weight is 241 g/mol. The number of methoxy groups -OCH3 is 2. The van der Waals surface area contributed by atoms with Crippen molar-refractivity contribution in [2.45, 2.75) is 19.4 Å². The molecule has 0 N–H and O–H groups in total. The predicted octanol–water partition coefficient (Wildman–Crippen LogP) is 0.0831. The lowest BCUT2D eigenvalue weighted by atomic mass is 9.92. The summed E-state index contributed by atoms with van der Waals surface area (Å²) in [5.41, 5.74) is 0. The van der Waals surface area contributed by atoms with Crippen LogP contribution >= 0.6 is 0 Å². The molecule has 0 spiro atoms. The summed E-state index contributed by atoms with van der Waals surface area (Å²) in [5.74, 6) is -2.21. The Bertz CT molecular complexity index is 363. The first kappa shape index (κ1) is 13.2. The Morgan fingerprint density at radius 2 is 1.76 bits per heavy atom. The van der Waals surface area contributed by atoms with Gasteiger partial charge in [0.1, 0.15) is 6.04 Å². The van der Waals surface area contributed by atoms with Crippen molar-refractivity contribution in [2.24, 2.45) is 5.92 Å². The van der Waals surface area contributed by atoms with E-state index in [9.17, 15) is 14.4 Å². The highest BCUT2D eigenvalue weighted by Gasteiger charge is 2.41. The van der Waals surface area contributed by atoms with E-state index in [1.807, 2.05) is 0 Å². The normalized spacial score (nSPS) is 23.1. The van der Waals surface area contributed by atoms with Crippen molar-refractivity contribution in [3.8, 4) is 0 Å². The van der Waals surface area contributed by atoms with Gasteiger partial charge in [0, 0.05) is 13.1 Å². The lowest BCUT2D eigenvalue weighted by Gasteiger charge is -2.33. The summed E-state index contributed by atoms with van der Waals surface area (Å²) in [6.07, 6.45) is 3.49. The van der Waals surface area contributed by atoms with Crippen LogP contribution in [0.3, 0.4) is 0 Å². The monoisotopic (exact) mass is 241 g/mol. The number of nitrogens with zero attached hydrogens (tertiary/aromatic N) is 1. The van der Waals surface area contributed by atoms with Gasteiger partial charge in [-0.1, -0.05) is 6.08 Å². The minimum Gasteiger partial charge on any atom is -0.469 e. The van der Waals surface area contributed by atoms with Crippen molar-refractivity contribution < 1.29 is 23.9 Å². The first-order valence-corrected chi connectivity index (χ1v) is 5.14. The number of hydrogen-bond donors (Lipinski definition) is 0. The van der Waals surface area contributed by atoms with Crippen LogP contribution in [0.15, 0.2) is 12.3 Å². The summed E-state index contributed by atoms with van der Waals surface area (Å²) in [6.45, 7) is 1.32. The van der Waals surface area contributed by atoms with Gasteiger partial charge in [-0.05, 0) is 6.42 Å². The molecule has 0 aromatic heterocycles. The van der Waals surface area contributed by atoms with Crippen molar-refractivity contribution in [3.63, 3.8) is 0 Å². The molecule has 0 saturated heterocycles. The first-order chi connectivity index (χ1) is 8.02. The Morgan fingerprint density at radius 1 is 1.18 bits per heavy atom. The second-order valence-corrected chi connectivity index (χ2v) is 3.64. The van der Waals surface area contributed by atoms with Crippen LogP contribution < -0.4 is 0 Å². The maximum atomic E-state index is 11.7. The van der Waals surface area contributed by atoms with Gasteiger partial charge in [0.25, 0.3) is 0 Å². The molecule has 1 heterocycles. The molecule has 0 aromatic carbocycles. The topological polar surface area (TPSA) is 72.9 Å². The van der Waals surface area contributed by atoms with E-state index in [-0.39, 0.29) is 5.91 Å². The second kappa shape index (κ2) is 5.47. The molecular weight excluding hydrogens is 226 g/mol. The van der Waals surface area contributed by atoms with Crippen molar-refractivity contribution in [1.29, 1.82) is 0 Å². The van der Waals surface area contributed by atoms with Gasteiger partial charge < -0.3 is 14.4 Å². The van der Waals surface area contributed by atoms with Crippen molar-refractivity contribution in [2.75, 3.05) is 14.2 Å². The highest BCUT2D eigenvalue weighted by molar-refractivity contribution is 5.89. The fourth-order valence-corrected chi connectivity index (χ4v) is 1.81. The van der Waals surface area contributed by atoms with Gasteiger partial charge in [0.15, 0.2) is 0 Å². The van der Waals surface area contributed by atoms with Crippen molar-refractivity contribution >= 4 is 17.8 Å². The quantitative estimate of drug-likeness (QED) is 0.640. The molecule has 0 radical (unpaired) electrons. The Kier molecular flexibility index (Phi) is 4.25. The van der Waals surface area contributed by atoms with Crippen molar-refractivity contribution in [1.82, 2.24) is 4.90 Å². The summed E-state index contributed by atoms with van der Waals surface area (Å²) in [6, 6.07) is -0.949. The highest BCUT2D eigenvalue weighted by atomic mass is 16.5. The van der Waals surface area contributed by atoms with E-state index in [1.54, 1.807) is 6.08 Å². The molecule has 0 bridgehead atoms. The Labute approximate surface area is 99.2 Å². The fraction of sp³-hybridized carbons (Fsp3) is 0.545.